The van der Waals surface area contributed by atoms with Gasteiger partial charge >= 0.3 is 0 Å². The molecule has 0 radical (unpaired) electrons. The summed E-state index contributed by atoms with van der Waals surface area (Å²) in [6.07, 6.45) is 7.19. The van der Waals surface area contributed by atoms with Gasteiger partial charge in [0.05, 0.1) is 0 Å². The SMILES string of the molecule is CNCCC1CCN(C2CC(C(C)C)C2)CC1. The lowest BCUT2D eigenvalue weighted by Gasteiger charge is -2.47. The highest BCUT2D eigenvalue weighted by atomic mass is 15.2. The number of hydrogen-bond acceptors (Lipinski definition) is 2. The molecular formula is C15H30N2. The fourth-order valence-electron chi connectivity index (χ4n) is 3.43. The predicted octanol–water partition coefficient (Wildman–Crippen LogP) is 2.74. The van der Waals surface area contributed by atoms with Gasteiger partial charge in [-0.25, -0.2) is 0 Å². The third-order valence-corrected chi connectivity index (χ3v) is 5.06. The minimum atomic E-state index is 0.902. The Morgan fingerprint density at radius 2 is 1.82 bits per heavy atom. The van der Waals surface area contributed by atoms with Crippen molar-refractivity contribution in [2.75, 3.05) is 26.7 Å². The van der Waals surface area contributed by atoms with Crippen molar-refractivity contribution in [3.63, 3.8) is 0 Å². The molecule has 1 saturated carbocycles. The molecule has 2 fully saturated rings. The van der Waals surface area contributed by atoms with Crippen molar-refractivity contribution >= 4 is 0 Å². The molecule has 100 valence electrons. The van der Waals surface area contributed by atoms with Crippen LogP contribution in [0.1, 0.15) is 46.0 Å². The van der Waals surface area contributed by atoms with Crippen molar-refractivity contribution in [2.24, 2.45) is 17.8 Å². The van der Waals surface area contributed by atoms with Gasteiger partial charge in [-0.15, -0.1) is 0 Å². The summed E-state index contributed by atoms with van der Waals surface area (Å²) in [6.45, 7) is 8.69. The van der Waals surface area contributed by atoms with Crippen LogP contribution in [0, 0.1) is 17.8 Å². The molecule has 2 aliphatic rings. The highest BCUT2D eigenvalue weighted by Gasteiger charge is 2.36. The van der Waals surface area contributed by atoms with E-state index in [-0.39, 0.29) is 0 Å². The maximum atomic E-state index is 3.28. The van der Waals surface area contributed by atoms with Crippen LogP contribution in [0.2, 0.25) is 0 Å². The molecule has 0 atom stereocenters. The lowest BCUT2D eigenvalue weighted by Crippen LogP contribution is -2.49. The second kappa shape index (κ2) is 6.19. The molecule has 1 saturated heterocycles. The molecule has 0 aromatic heterocycles. The number of nitrogens with zero attached hydrogens (tertiary/aromatic N) is 1. The maximum Gasteiger partial charge on any atom is 0.0101 e. The van der Waals surface area contributed by atoms with Crippen LogP contribution in [0.15, 0.2) is 0 Å². The summed E-state index contributed by atoms with van der Waals surface area (Å²) in [6, 6.07) is 0.938. The number of likely N-dealkylation sites (tertiary alicyclic amines) is 1. The molecule has 0 spiro atoms. The third-order valence-electron chi connectivity index (χ3n) is 5.06. The van der Waals surface area contributed by atoms with Crippen molar-refractivity contribution < 1.29 is 0 Å². The summed E-state index contributed by atoms with van der Waals surface area (Å²) in [4.78, 5) is 2.77. The molecule has 1 aliphatic carbocycles. The largest absolute Gasteiger partial charge is 0.320 e. The molecular weight excluding hydrogens is 208 g/mol. The van der Waals surface area contributed by atoms with Crippen LogP contribution in [0.4, 0.5) is 0 Å². The Morgan fingerprint density at radius 1 is 1.18 bits per heavy atom. The van der Waals surface area contributed by atoms with Gasteiger partial charge in [0.1, 0.15) is 0 Å². The van der Waals surface area contributed by atoms with E-state index in [1.807, 2.05) is 0 Å². The van der Waals surface area contributed by atoms with Crippen molar-refractivity contribution in [1.29, 1.82) is 0 Å². The molecule has 0 bridgehead atoms. The first-order valence-corrected chi connectivity index (χ1v) is 7.59. The van der Waals surface area contributed by atoms with E-state index in [2.05, 4.69) is 31.1 Å². The van der Waals surface area contributed by atoms with Gasteiger partial charge in [-0.05, 0) is 76.5 Å². The van der Waals surface area contributed by atoms with E-state index in [0.29, 0.717) is 0 Å². The smallest absolute Gasteiger partial charge is 0.0101 e. The van der Waals surface area contributed by atoms with E-state index >= 15 is 0 Å². The van der Waals surface area contributed by atoms with Gasteiger partial charge in [-0.2, -0.15) is 0 Å². The van der Waals surface area contributed by atoms with Crippen LogP contribution in [0.25, 0.3) is 0 Å². The average Bonchev–Trinajstić information content (AvgIpc) is 2.25. The lowest BCUT2D eigenvalue weighted by molar-refractivity contribution is 0.0306. The first-order valence-electron chi connectivity index (χ1n) is 7.59. The van der Waals surface area contributed by atoms with Crippen molar-refractivity contribution in [1.82, 2.24) is 10.2 Å². The van der Waals surface area contributed by atoms with Crippen LogP contribution >= 0.6 is 0 Å². The van der Waals surface area contributed by atoms with Gasteiger partial charge in [0.2, 0.25) is 0 Å². The second-order valence-corrected chi connectivity index (χ2v) is 6.50. The van der Waals surface area contributed by atoms with Crippen LogP contribution in [0.3, 0.4) is 0 Å². The summed E-state index contributed by atoms with van der Waals surface area (Å²) >= 11 is 0. The second-order valence-electron chi connectivity index (χ2n) is 6.50. The standard InChI is InChI=1S/C15H30N2/c1-12(2)14-10-15(11-14)17-8-5-13(6-9-17)4-7-16-3/h12-16H,4-11H2,1-3H3. The molecule has 0 aromatic rings. The Bertz CT molecular complexity index is 213. The highest BCUT2D eigenvalue weighted by molar-refractivity contribution is 4.90. The van der Waals surface area contributed by atoms with E-state index in [1.54, 1.807) is 0 Å². The third kappa shape index (κ3) is 3.45. The quantitative estimate of drug-likeness (QED) is 0.792. The van der Waals surface area contributed by atoms with Crippen molar-refractivity contribution in [3.05, 3.63) is 0 Å². The minimum absolute atomic E-state index is 0.902. The zero-order valence-corrected chi connectivity index (χ0v) is 11.9. The van der Waals surface area contributed by atoms with Crippen LogP contribution < -0.4 is 5.32 Å². The minimum Gasteiger partial charge on any atom is -0.320 e. The highest BCUT2D eigenvalue weighted by Crippen LogP contribution is 2.38. The van der Waals surface area contributed by atoms with E-state index in [9.17, 15) is 0 Å². The van der Waals surface area contributed by atoms with E-state index in [1.165, 1.54) is 51.7 Å². The Hall–Kier alpha value is -0.0800. The molecule has 1 N–H and O–H groups in total. The summed E-state index contributed by atoms with van der Waals surface area (Å²) in [5.74, 6) is 2.90. The summed E-state index contributed by atoms with van der Waals surface area (Å²) in [5, 5.41) is 3.28. The fourth-order valence-corrected chi connectivity index (χ4v) is 3.43. The topological polar surface area (TPSA) is 15.3 Å². The number of nitrogens with one attached hydrogen (secondary N) is 1. The van der Waals surface area contributed by atoms with Crippen LogP contribution in [0.5, 0.6) is 0 Å². The van der Waals surface area contributed by atoms with Crippen molar-refractivity contribution in [2.45, 2.75) is 52.0 Å². The molecule has 2 heteroatoms. The molecule has 17 heavy (non-hydrogen) atoms. The van der Waals surface area contributed by atoms with E-state index in [4.69, 9.17) is 0 Å². The van der Waals surface area contributed by atoms with E-state index in [0.717, 1.165) is 23.8 Å². The van der Waals surface area contributed by atoms with Gasteiger partial charge < -0.3 is 10.2 Å². The predicted molar refractivity (Wildman–Crippen MR) is 74.2 cm³/mol. The molecule has 0 aromatic carbocycles. The summed E-state index contributed by atoms with van der Waals surface area (Å²) in [7, 11) is 2.07. The van der Waals surface area contributed by atoms with Gasteiger partial charge in [-0.3, -0.25) is 0 Å². The first kappa shape index (κ1) is 13.4. The van der Waals surface area contributed by atoms with Crippen LogP contribution in [-0.2, 0) is 0 Å². The zero-order chi connectivity index (χ0) is 12.3. The normalized spacial score (nSPS) is 31.8. The number of hydrogen-bond donors (Lipinski definition) is 1. The Labute approximate surface area is 107 Å². The Kier molecular flexibility index (Phi) is 4.87. The fraction of sp³-hybridized carbons (Fsp3) is 1.00. The molecule has 0 unspecified atom stereocenters. The summed E-state index contributed by atoms with van der Waals surface area (Å²) < 4.78 is 0. The van der Waals surface area contributed by atoms with Gasteiger partial charge in [0.15, 0.2) is 0 Å². The average molecular weight is 238 g/mol. The number of piperidine rings is 1. The summed E-state index contributed by atoms with van der Waals surface area (Å²) in [5.41, 5.74) is 0. The van der Waals surface area contributed by atoms with Gasteiger partial charge in [0, 0.05) is 6.04 Å². The Balaban J connectivity index is 1.63. The molecule has 0 amide bonds. The van der Waals surface area contributed by atoms with Crippen LogP contribution in [-0.4, -0.2) is 37.6 Å². The van der Waals surface area contributed by atoms with Gasteiger partial charge in [-0.1, -0.05) is 13.8 Å². The maximum absolute atomic E-state index is 3.28. The lowest BCUT2D eigenvalue weighted by atomic mass is 9.72. The number of rotatable bonds is 5. The van der Waals surface area contributed by atoms with E-state index < -0.39 is 0 Å². The molecule has 1 aliphatic heterocycles. The molecule has 2 rings (SSSR count). The molecule has 2 nitrogen and oxygen atoms in total. The molecule has 1 heterocycles. The monoisotopic (exact) mass is 238 g/mol. The zero-order valence-electron chi connectivity index (χ0n) is 11.9. The van der Waals surface area contributed by atoms with Crippen molar-refractivity contribution in [3.8, 4) is 0 Å². The Morgan fingerprint density at radius 3 is 2.35 bits per heavy atom. The van der Waals surface area contributed by atoms with Gasteiger partial charge in [0.25, 0.3) is 0 Å². The first-order chi connectivity index (χ1) is 8.20.